The van der Waals surface area contributed by atoms with Gasteiger partial charge in [0.15, 0.2) is 0 Å². The third kappa shape index (κ3) is 5.33. The number of hydrogen-bond acceptors (Lipinski definition) is 7. The Bertz CT molecular complexity index is 1390. The molecule has 0 saturated heterocycles. The Labute approximate surface area is 223 Å². The molecule has 0 spiro atoms. The van der Waals surface area contributed by atoms with Crippen LogP contribution in [0.3, 0.4) is 0 Å². The monoisotopic (exact) mass is 541 g/mol. The van der Waals surface area contributed by atoms with Gasteiger partial charge in [-0.25, -0.2) is 9.97 Å². The molecule has 1 saturated carbocycles. The maximum absolute atomic E-state index is 12.9. The van der Waals surface area contributed by atoms with Crippen molar-refractivity contribution in [1.29, 1.82) is 0 Å². The molecule has 2 aromatic heterocycles. The van der Waals surface area contributed by atoms with Crippen LogP contribution in [0, 0.1) is 24.7 Å². The van der Waals surface area contributed by atoms with Crippen molar-refractivity contribution in [3.05, 3.63) is 65.4 Å². The van der Waals surface area contributed by atoms with Gasteiger partial charge in [-0.05, 0) is 60.9 Å². The molecule has 0 aliphatic heterocycles. The molecule has 0 bridgehead atoms. The summed E-state index contributed by atoms with van der Waals surface area (Å²) in [7, 11) is 0. The van der Waals surface area contributed by atoms with E-state index in [2.05, 4.69) is 29.5 Å². The molecule has 1 fully saturated rings. The fourth-order valence-electron chi connectivity index (χ4n) is 5.14. The van der Waals surface area contributed by atoms with Gasteiger partial charge in [-0.1, -0.05) is 38.1 Å². The molecule has 200 valence electrons. The van der Waals surface area contributed by atoms with Crippen LogP contribution in [0.5, 0.6) is 0 Å². The highest BCUT2D eigenvalue weighted by Gasteiger charge is 2.38. The van der Waals surface area contributed by atoms with Gasteiger partial charge in [-0.2, -0.15) is 18.2 Å². The van der Waals surface area contributed by atoms with Crippen LogP contribution in [-0.4, -0.2) is 32.7 Å². The van der Waals surface area contributed by atoms with Crippen LogP contribution in [-0.2, 0) is 12.7 Å². The van der Waals surface area contributed by atoms with Crippen molar-refractivity contribution >= 4 is 33.3 Å². The van der Waals surface area contributed by atoms with Gasteiger partial charge in [-0.3, -0.25) is 0 Å². The number of halogens is 3. The minimum absolute atomic E-state index is 0.118. The van der Waals surface area contributed by atoms with E-state index in [1.165, 1.54) is 12.1 Å². The van der Waals surface area contributed by atoms with E-state index in [1.54, 1.807) is 11.3 Å². The molecule has 4 aromatic rings. The number of anilines is 2. The van der Waals surface area contributed by atoms with E-state index in [4.69, 9.17) is 9.97 Å². The molecule has 10 heteroatoms. The standard InChI is InChI=1S/C28H30F3N5OS/c1-15-16(2)22(12-19(15)14-37)34-25-24(26-35-21-6-4-5-7-23(21)38-26)17(3)33-27(36-25)32-13-18-8-10-20(11-9-18)28(29,30)31/h4-11,15-16,19,22,37H,12-14H2,1-3H3,(H2,32,33,34,36)/t15-,16+,19+,22+/m0/s1. The van der Waals surface area contributed by atoms with Crippen molar-refractivity contribution < 1.29 is 18.3 Å². The van der Waals surface area contributed by atoms with Crippen LogP contribution >= 0.6 is 11.3 Å². The topological polar surface area (TPSA) is 83.0 Å². The first-order valence-corrected chi connectivity index (χ1v) is 13.5. The Hall–Kier alpha value is -3.24. The number of aromatic nitrogens is 3. The second-order valence-electron chi connectivity index (χ2n) is 10.0. The van der Waals surface area contributed by atoms with Crippen LogP contribution < -0.4 is 10.6 Å². The summed E-state index contributed by atoms with van der Waals surface area (Å²) < 4.78 is 39.8. The maximum atomic E-state index is 12.9. The lowest BCUT2D eigenvalue weighted by Crippen LogP contribution is -2.25. The van der Waals surface area contributed by atoms with Crippen LogP contribution in [0.4, 0.5) is 24.9 Å². The minimum atomic E-state index is -4.37. The molecular weight excluding hydrogens is 511 g/mol. The Morgan fingerprint density at radius 1 is 1.00 bits per heavy atom. The van der Waals surface area contributed by atoms with Gasteiger partial charge in [-0.15, -0.1) is 11.3 Å². The number of para-hydroxylation sites is 1. The molecule has 4 atom stereocenters. The van der Waals surface area contributed by atoms with Crippen molar-refractivity contribution in [2.75, 3.05) is 17.2 Å². The van der Waals surface area contributed by atoms with E-state index in [0.717, 1.165) is 45.0 Å². The zero-order valence-electron chi connectivity index (χ0n) is 21.4. The average molecular weight is 542 g/mol. The summed E-state index contributed by atoms with van der Waals surface area (Å²) in [6.45, 7) is 6.70. The third-order valence-corrected chi connectivity index (χ3v) is 8.70. The van der Waals surface area contributed by atoms with E-state index in [1.807, 2.05) is 31.2 Å². The van der Waals surface area contributed by atoms with Gasteiger partial charge in [0.25, 0.3) is 0 Å². The number of nitrogens with one attached hydrogen (secondary N) is 2. The van der Waals surface area contributed by atoms with Crippen LogP contribution in [0.15, 0.2) is 48.5 Å². The number of aliphatic hydroxyl groups is 1. The molecule has 1 aliphatic rings. The molecule has 3 N–H and O–H groups in total. The third-order valence-electron chi connectivity index (χ3n) is 7.65. The summed E-state index contributed by atoms with van der Waals surface area (Å²) in [6, 6.07) is 13.1. The highest BCUT2D eigenvalue weighted by Crippen LogP contribution is 2.41. The molecule has 0 unspecified atom stereocenters. The fraction of sp³-hybridized carbons (Fsp3) is 0.393. The normalized spacial score (nSPS) is 21.7. The maximum Gasteiger partial charge on any atom is 0.416 e. The summed E-state index contributed by atoms with van der Waals surface area (Å²) in [5.41, 5.74) is 2.49. The van der Waals surface area contributed by atoms with Crippen molar-refractivity contribution in [3.63, 3.8) is 0 Å². The zero-order chi connectivity index (χ0) is 27.0. The number of alkyl halides is 3. The number of rotatable bonds is 7. The summed E-state index contributed by atoms with van der Waals surface area (Å²) in [6.07, 6.45) is -3.54. The van der Waals surface area contributed by atoms with Gasteiger partial charge >= 0.3 is 6.18 Å². The molecule has 0 radical (unpaired) electrons. The first-order chi connectivity index (χ1) is 18.1. The van der Waals surface area contributed by atoms with E-state index >= 15 is 0 Å². The molecule has 0 amide bonds. The van der Waals surface area contributed by atoms with Crippen molar-refractivity contribution in [1.82, 2.24) is 15.0 Å². The SMILES string of the molecule is Cc1nc(NCc2ccc(C(F)(F)F)cc2)nc(N[C@@H]2C[C@H](CO)[C@@H](C)[C@H]2C)c1-c1nc2ccccc2s1. The lowest BCUT2D eigenvalue weighted by atomic mass is 9.92. The van der Waals surface area contributed by atoms with Crippen molar-refractivity contribution in [2.24, 2.45) is 17.8 Å². The number of aliphatic hydroxyl groups excluding tert-OH is 1. The molecular formula is C28H30F3N5OS. The van der Waals surface area contributed by atoms with Gasteiger partial charge in [0.1, 0.15) is 10.8 Å². The minimum Gasteiger partial charge on any atom is -0.396 e. The highest BCUT2D eigenvalue weighted by atomic mass is 32.1. The second kappa shape index (κ2) is 10.5. The van der Waals surface area contributed by atoms with Gasteiger partial charge < -0.3 is 15.7 Å². The van der Waals surface area contributed by atoms with E-state index in [-0.39, 0.29) is 25.1 Å². The van der Waals surface area contributed by atoms with Gasteiger partial charge in [0.05, 0.1) is 27.0 Å². The Kier molecular flexibility index (Phi) is 7.28. The van der Waals surface area contributed by atoms with Crippen molar-refractivity contribution in [2.45, 2.75) is 46.0 Å². The predicted octanol–water partition coefficient (Wildman–Crippen LogP) is 6.76. The molecule has 1 aliphatic carbocycles. The second-order valence-corrected chi connectivity index (χ2v) is 11.1. The Morgan fingerprint density at radius 3 is 2.39 bits per heavy atom. The largest absolute Gasteiger partial charge is 0.416 e. The van der Waals surface area contributed by atoms with Crippen LogP contribution in [0.2, 0.25) is 0 Å². The quantitative estimate of drug-likeness (QED) is 0.240. The summed E-state index contributed by atoms with van der Waals surface area (Å²) >= 11 is 1.58. The number of aryl methyl sites for hydroxylation is 1. The average Bonchev–Trinajstić information content (AvgIpc) is 3.43. The number of hydrogen-bond donors (Lipinski definition) is 3. The lowest BCUT2D eigenvalue weighted by molar-refractivity contribution is -0.137. The van der Waals surface area contributed by atoms with Gasteiger partial charge in [0, 0.05) is 19.2 Å². The number of fused-ring (bicyclic) bond motifs is 1. The Morgan fingerprint density at radius 2 is 1.74 bits per heavy atom. The molecule has 5 rings (SSSR count). The van der Waals surface area contributed by atoms with Crippen LogP contribution in [0.1, 0.15) is 37.1 Å². The first-order valence-electron chi connectivity index (χ1n) is 12.7. The fourth-order valence-corrected chi connectivity index (χ4v) is 6.21. The van der Waals surface area contributed by atoms with Gasteiger partial charge in [0.2, 0.25) is 5.95 Å². The molecule has 2 aromatic carbocycles. The first kappa shape index (κ1) is 26.4. The lowest BCUT2D eigenvalue weighted by Gasteiger charge is -2.22. The molecule has 38 heavy (non-hydrogen) atoms. The molecule has 6 nitrogen and oxygen atoms in total. The summed E-state index contributed by atoms with van der Waals surface area (Å²) in [5.74, 6) is 1.95. The number of benzene rings is 2. The molecule has 2 heterocycles. The predicted molar refractivity (Wildman–Crippen MR) is 145 cm³/mol. The highest BCUT2D eigenvalue weighted by molar-refractivity contribution is 7.21. The van der Waals surface area contributed by atoms with E-state index in [0.29, 0.717) is 29.2 Å². The number of thiazole rings is 1. The van der Waals surface area contributed by atoms with E-state index < -0.39 is 11.7 Å². The summed E-state index contributed by atoms with van der Waals surface area (Å²) in [4.78, 5) is 14.3. The van der Waals surface area contributed by atoms with Crippen molar-refractivity contribution in [3.8, 4) is 10.6 Å². The summed E-state index contributed by atoms with van der Waals surface area (Å²) in [5, 5.41) is 17.5. The smallest absolute Gasteiger partial charge is 0.396 e. The van der Waals surface area contributed by atoms with Crippen LogP contribution in [0.25, 0.3) is 20.8 Å². The Balaban J connectivity index is 1.46. The zero-order valence-corrected chi connectivity index (χ0v) is 22.2. The van der Waals surface area contributed by atoms with E-state index in [9.17, 15) is 18.3 Å². The number of nitrogens with zero attached hydrogens (tertiary/aromatic N) is 3.